The molecule has 0 aliphatic carbocycles. The summed E-state index contributed by atoms with van der Waals surface area (Å²) in [5.74, 6) is 2.02. The molecular weight excluding hydrogens is 390 g/mol. The van der Waals surface area contributed by atoms with E-state index in [0.29, 0.717) is 39.6 Å². The van der Waals surface area contributed by atoms with Crippen molar-refractivity contribution in [3.8, 4) is 17.5 Å². The van der Waals surface area contributed by atoms with Crippen LogP contribution in [0.15, 0.2) is 38.2 Å². The van der Waals surface area contributed by atoms with Crippen molar-refractivity contribution in [1.82, 2.24) is 20.2 Å². The Morgan fingerprint density at radius 2 is 1.92 bits per heavy atom. The van der Waals surface area contributed by atoms with Crippen molar-refractivity contribution >= 4 is 27.7 Å². The van der Waals surface area contributed by atoms with Crippen molar-refractivity contribution in [3.63, 3.8) is 0 Å². The summed E-state index contributed by atoms with van der Waals surface area (Å²) in [5.41, 5.74) is 2.01. The molecule has 0 amide bonds. The van der Waals surface area contributed by atoms with Crippen molar-refractivity contribution in [2.24, 2.45) is 0 Å². The summed E-state index contributed by atoms with van der Waals surface area (Å²) in [7, 11) is 0. The Balaban J connectivity index is 1.77. The number of aromatic nitrogens is 4. The first kappa shape index (κ1) is 16.6. The third kappa shape index (κ3) is 3.63. The zero-order valence-electron chi connectivity index (χ0n) is 12.9. The van der Waals surface area contributed by atoms with E-state index in [1.165, 1.54) is 11.8 Å². The van der Waals surface area contributed by atoms with E-state index in [2.05, 4.69) is 42.2 Å². The minimum absolute atomic E-state index is 0.439. The molecule has 0 spiro atoms. The van der Waals surface area contributed by atoms with Gasteiger partial charge in [0, 0.05) is 10.0 Å². The number of hydrogen-bond acceptors (Lipinski definition) is 7. The van der Waals surface area contributed by atoms with E-state index in [1.807, 2.05) is 24.3 Å². The summed E-state index contributed by atoms with van der Waals surface area (Å²) < 4.78 is 6.67. The normalized spacial score (nSPS) is 10.6. The van der Waals surface area contributed by atoms with E-state index in [0.717, 1.165) is 10.0 Å². The van der Waals surface area contributed by atoms with Crippen LogP contribution in [0.1, 0.15) is 23.0 Å². The molecule has 0 saturated carbocycles. The third-order valence-corrected chi connectivity index (χ3v) is 4.66. The van der Waals surface area contributed by atoms with Crippen LogP contribution in [0, 0.1) is 25.2 Å². The molecule has 6 nitrogen and oxygen atoms in total. The van der Waals surface area contributed by atoms with Crippen molar-refractivity contribution in [2.45, 2.75) is 24.6 Å². The van der Waals surface area contributed by atoms with Gasteiger partial charge in [0.15, 0.2) is 0 Å². The van der Waals surface area contributed by atoms with Crippen LogP contribution in [-0.4, -0.2) is 20.2 Å². The fraction of sp³-hybridized carbons (Fsp3) is 0.188. The Kier molecular flexibility index (Phi) is 4.92. The maximum atomic E-state index is 9.26. The minimum atomic E-state index is 0.439. The number of aryl methyl sites for hydroxylation is 2. The average Bonchev–Trinajstić information content (AvgIpc) is 3.02. The molecule has 0 bridgehead atoms. The quantitative estimate of drug-likeness (QED) is 0.480. The van der Waals surface area contributed by atoms with Crippen molar-refractivity contribution in [3.05, 3.63) is 51.7 Å². The van der Waals surface area contributed by atoms with Crippen molar-refractivity contribution in [2.75, 3.05) is 0 Å². The lowest BCUT2D eigenvalue weighted by Crippen LogP contribution is -1.99. The maximum absolute atomic E-state index is 9.26. The molecule has 0 atom stereocenters. The van der Waals surface area contributed by atoms with Gasteiger partial charge in [-0.1, -0.05) is 27.7 Å². The molecule has 2 heterocycles. The van der Waals surface area contributed by atoms with Crippen LogP contribution >= 0.6 is 27.7 Å². The zero-order valence-corrected chi connectivity index (χ0v) is 15.3. The second-order valence-electron chi connectivity index (χ2n) is 4.94. The Bertz CT molecular complexity index is 917. The molecule has 3 rings (SSSR count). The van der Waals surface area contributed by atoms with Gasteiger partial charge in [0.2, 0.25) is 11.8 Å². The van der Waals surface area contributed by atoms with Crippen LogP contribution in [0.3, 0.4) is 0 Å². The monoisotopic (exact) mass is 401 g/mol. The van der Waals surface area contributed by atoms with E-state index in [1.54, 1.807) is 13.8 Å². The highest BCUT2D eigenvalue weighted by Crippen LogP contribution is 2.27. The van der Waals surface area contributed by atoms with E-state index < -0.39 is 0 Å². The van der Waals surface area contributed by atoms with Gasteiger partial charge >= 0.3 is 0 Å². The highest BCUT2D eigenvalue weighted by atomic mass is 79.9. The Morgan fingerprint density at radius 3 is 2.62 bits per heavy atom. The molecule has 0 aliphatic heterocycles. The first-order valence-corrected chi connectivity index (χ1v) is 8.81. The molecule has 0 fully saturated rings. The lowest BCUT2D eigenvalue weighted by molar-refractivity contribution is 0.528. The minimum Gasteiger partial charge on any atom is -0.420 e. The SMILES string of the molecule is Cc1nc(C)c(C#N)c(SCc2nnc(-c3ccc(Br)cc3)o2)n1. The highest BCUT2D eigenvalue weighted by molar-refractivity contribution is 9.10. The predicted octanol–water partition coefficient (Wildman–Crippen LogP) is 4.07. The molecule has 120 valence electrons. The molecule has 24 heavy (non-hydrogen) atoms. The third-order valence-electron chi connectivity index (χ3n) is 3.17. The molecule has 8 heteroatoms. The molecule has 3 aromatic rings. The molecule has 2 aromatic heterocycles. The second-order valence-corrected chi connectivity index (χ2v) is 6.82. The summed E-state index contributed by atoms with van der Waals surface area (Å²) in [4.78, 5) is 8.54. The van der Waals surface area contributed by atoms with Gasteiger partial charge in [-0.25, -0.2) is 9.97 Å². The van der Waals surface area contributed by atoms with Crippen LogP contribution in [0.25, 0.3) is 11.5 Å². The van der Waals surface area contributed by atoms with Crippen molar-refractivity contribution in [1.29, 1.82) is 5.26 Å². The molecule has 0 saturated heterocycles. The first-order valence-electron chi connectivity index (χ1n) is 7.03. The molecule has 0 unspecified atom stereocenters. The van der Waals surface area contributed by atoms with Gasteiger partial charge in [-0.05, 0) is 38.1 Å². The fourth-order valence-electron chi connectivity index (χ4n) is 2.07. The largest absolute Gasteiger partial charge is 0.420 e. The number of halogens is 1. The summed E-state index contributed by atoms with van der Waals surface area (Å²) >= 11 is 4.78. The van der Waals surface area contributed by atoms with E-state index in [9.17, 15) is 5.26 Å². The Hall–Kier alpha value is -2.24. The maximum Gasteiger partial charge on any atom is 0.247 e. The van der Waals surface area contributed by atoms with Gasteiger partial charge in [-0.2, -0.15) is 5.26 Å². The van der Waals surface area contributed by atoms with Gasteiger partial charge in [0.1, 0.15) is 22.5 Å². The Morgan fingerprint density at radius 1 is 1.17 bits per heavy atom. The molecule has 0 radical (unpaired) electrons. The van der Waals surface area contributed by atoms with Crippen molar-refractivity contribution < 1.29 is 4.42 Å². The highest BCUT2D eigenvalue weighted by Gasteiger charge is 2.13. The molecule has 0 aliphatic rings. The van der Waals surface area contributed by atoms with E-state index in [4.69, 9.17) is 4.42 Å². The van der Waals surface area contributed by atoms with E-state index >= 15 is 0 Å². The number of nitriles is 1. The van der Waals surface area contributed by atoms with Gasteiger partial charge in [-0.15, -0.1) is 10.2 Å². The number of benzene rings is 1. The Labute approximate surface area is 151 Å². The van der Waals surface area contributed by atoms with Crippen LogP contribution in [0.5, 0.6) is 0 Å². The van der Waals surface area contributed by atoms with E-state index in [-0.39, 0.29) is 0 Å². The number of rotatable bonds is 4. The predicted molar refractivity (Wildman–Crippen MR) is 93.2 cm³/mol. The number of hydrogen-bond donors (Lipinski definition) is 0. The number of thioether (sulfide) groups is 1. The smallest absolute Gasteiger partial charge is 0.247 e. The van der Waals surface area contributed by atoms with Gasteiger partial charge in [-0.3, -0.25) is 0 Å². The zero-order chi connectivity index (χ0) is 17.1. The fourth-order valence-corrected chi connectivity index (χ4v) is 3.24. The van der Waals surface area contributed by atoms with Crippen LogP contribution in [0.4, 0.5) is 0 Å². The number of nitrogens with zero attached hydrogens (tertiary/aromatic N) is 5. The van der Waals surface area contributed by atoms with Crippen LogP contribution in [-0.2, 0) is 5.75 Å². The summed E-state index contributed by atoms with van der Waals surface area (Å²) in [6, 6.07) is 9.78. The first-order chi connectivity index (χ1) is 11.6. The summed E-state index contributed by atoms with van der Waals surface area (Å²) in [5, 5.41) is 18.0. The lowest BCUT2D eigenvalue weighted by Gasteiger charge is -2.04. The molecule has 0 N–H and O–H groups in total. The summed E-state index contributed by atoms with van der Waals surface area (Å²) in [6.45, 7) is 3.60. The standard InChI is InChI=1S/C16H12BrN5OS/c1-9-13(7-18)16(20-10(2)19-9)24-8-14-21-22-15(23-14)11-3-5-12(17)6-4-11/h3-6H,8H2,1-2H3. The van der Waals surface area contributed by atoms with Gasteiger partial charge in [0.05, 0.1) is 11.4 Å². The summed E-state index contributed by atoms with van der Waals surface area (Å²) in [6.07, 6.45) is 0. The average molecular weight is 402 g/mol. The van der Waals surface area contributed by atoms with Crippen LogP contribution < -0.4 is 0 Å². The molecule has 1 aromatic carbocycles. The molecular formula is C16H12BrN5OS. The van der Waals surface area contributed by atoms with Gasteiger partial charge < -0.3 is 4.42 Å². The topological polar surface area (TPSA) is 88.5 Å². The van der Waals surface area contributed by atoms with Crippen LogP contribution in [0.2, 0.25) is 0 Å². The second kappa shape index (κ2) is 7.11. The van der Waals surface area contributed by atoms with Gasteiger partial charge in [0.25, 0.3) is 0 Å². The lowest BCUT2D eigenvalue weighted by atomic mass is 10.2.